The fourth-order valence-electron chi connectivity index (χ4n) is 3.40. The lowest BCUT2D eigenvalue weighted by atomic mass is 10.0. The molecule has 4 aromatic carbocycles. The Hall–Kier alpha value is -4.84. The lowest BCUT2D eigenvalue weighted by molar-refractivity contribution is -0.393. The van der Waals surface area contributed by atoms with Crippen LogP contribution in [0.25, 0.3) is 10.8 Å². The van der Waals surface area contributed by atoms with Gasteiger partial charge in [0.2, 0.25) is 0 Å². The lowest BCUT2D eigenvalue weighted by Gasteiger charge is -2.12. The van der Waals surface area contributed by atoms with Gasteiger partial charge in [-0.2, -0.15) is 13.5 Å². The highest BCUT2D eigenvalue weighted by Crippen LogP contribution is 2.31. The summed E-state index contributed by atoms with van der Waals surface area (Å²) in [6.45, 7) is 1.83. The SMILES string of the molecule is Cc1ccc(S(=O)(=O)Oc2ccc3ccccc3c2/C=N\Nc2ccc([N+](=O)[O-])cc2[N+](=O)[O-])cc1. The van der Waals surface area contributed by atoms with Crippen molar-refractivity contribution < 1.29 is 22.4 Å². The van der Waals surface area contributed by atoms with Gasteiger partial charge in [0.15, 0.2) is 5.75 Å². The average Bonchev–Trinajstić information content (AvgIpc) is 2.85. The van der Waals surface area contributed by atoms with Gasteiger partial charge in [-0.15, -0.1) is 0 Å². The Morgan fingerprint density at radius 2 is 1.64 bits per heavy atom. The summed E-state index contributed by atoms with van der Waals surface area (Å²) in [5.74, 6) is -0.00183. The van der Waals surface area contributed by atoms with Crippen molar-refractivity contribution >= 4 is 44.2 Å². The third kappa shape index (κ3) is 5.13. The van der Waals surface area contributed by atoms with Gasteiger partial charge in [-0.1, -0.05) is 48.0 Å². The number of hydrazone groups is 1. The van der Waals surface area contributed by atoms with E-state index in [1.165, 1.54) is 24.4 Å². The number of hydrogen-bond acceptors (Lipinski definition) is 9. The van der Waals surface area contributed by atoms with Crippen LogP contribution in [0, 0.1) is 27.2 Å². The molecule has 0 atom stereocenters. The largest absolute Gasteiger partial charge is 0.378 e. The van der Waals surface area contributed by atoms with Gasteiger partial charge in [-0.25, -0.2) is 0 Å². The summed E-state index contributed by atoms with van der Waals surface area (Å²) in [6, 6.07) is 19.6. The Kier molecular flexibility index (Phi) is 6.61. The lowest BCUT2D eigenvalue weighted by Crippen LogP contribution is -2.11. The summed E-state index contributed by atoms with van der Waals surface area (Å²) in [5.41, 5.74) is 2.62. The monoisotopic (exact) mass is 506 g/mol. The van der Waals surface area contributed by atoms with Crippen LogP contribution in [0.5, 0.6) is 5.75 Å². The fraction of sp³-hybridized carbons (Fsp3) is 0.0417. The molecule has 0 radical (unpaired) electrons. The standard InChI is InChI=1S/C24H18N4O7S/c1-16-6-10-19(11-7-16)36(33,34)35-24-13-8-17-4-2-3-5-20(17)21(24)15-25-26-22-12-9-18(27(29)30)14-23(22)28(31)32/h2-15,26H,1H3/b25-15-. The topological polar surface area (TPSA) is 154 Å². The van der Waals surface area contributed by atoms with Crippen molar-refractivity contribution in [1.82, 2.24) is 0 Å². The zero-order valence-corrected chi connectivity index (χ0v) is 19.5. The minimum absolute atomic E-state index is 0.00183. The number of fused-ring (bicyclic) bond motifs is 1. The summed E-state index contributed by atoms with van der Waals surface area (Å²) >= 11 is 0. The Labute approximate surface area is 205 Å². The Morgan fingerprint density at radius 1 is 0.917 bits per heavy atom. The van der Waals surface area contributed by atoms with Gasteiger partial charge in [0, 0.05) is 11.6 Å². The molecular weight excluding hydrogens is 488 g/mol. The first-order valence-corrected chi connectivity index (χ1v) is 11.8. The van der Waals surface area contributed by atoms with E-state index in [1.54, 1.807) is 30.3 Å². The zero-order valence-electron chi connectivity index (χ0n) is 18.7. The number of nitrogens with zero attached hydrogens (tertiary/aromatic N) is 3. The highest BCUT2D eigenvalue weighted by molar-refractivity contribution is 7.87. The minimum Gasteiger partial charge on any atom is -0.378 e. The van der Waals surface area contributed by atoms with Gasteiger partial charge < -0.3 is 4.18 Å². The van der Waals surface area contributed by atoms with E-state index in [1.807, 2.05) is 19.1 Å². The number of nitrogens with one attached hydrogen (secondary N) is 1. The number of hydrogen-bond donors (Lipinski definition) is 1. The molecule has 11 nitrogen and oxygen atoms in total. The maximum absolute atomic E-state index is 12.9. The molecule has 0 aliphatic carbocycles. The molecule has 0 unspecified atom stereocenters. The molecule has 0 bridgehead atoms. The van der Waals surface area contributed by atoms with E-state index < -0.39 is 31.3 Å². The molecule has 4 aromatic rings. The van der Waals surface area contributed by atoms with E-state index in [0.717, 1.165) is 29.1 Å². The molecule has 36 heavy (non-hydrogen) atoms. The third-order valence-electron chi connectivity index (χ3n) is 5.21. The van der Waals surface area contributed by atoms with E-state index in [-0.39, 0.29) is 16.3 Å². The molecule has 0 saturated carbocycles. The number of benzene rings is 4. The molecule has 0 fully saturated rings. The van der Waals surface area contributed by atoms with Crippen molar-refractivity contribution in [3.05, 3.63) is 110 Å². The van der Waals surface area contributed by atoms with Crippen LogP contribution in [0.2, 0.25) is 0 Å². The van der Waals surface area contributed by atoms with Crippen LogP contribution in [0.15, 0.2) is 88.9 Å². The highest BCUT2D eigenvalue weighted by atomic mass is 32.2. The molecular formula is C24H18N4O7S. The molecule has 1 N–H and O–H groups in total. The summed E-state index contributed by atoms with van der Waals surface area (Å²) in [7, 11) is -4.16. The summed E-state index contributed by atoms with van der Waals surface area (Å²) in [6.07, 6.45) is 1.27. The van der Waals surface area contributed by atoms with Gasteiger partial charge in [-0.05, 0) is 42.0 Å². The van der Waals surface area contributed by atoms with Crippen molar-refractivity contribution in [3.8, 4) is 5.75 Å². The normalized spacial score (nSPS) is 11.5. The predicted molar refractivity (Wildman–Crippen MR) is 134 cm³/mol. The number of nitro groups is 2. The Morgan fingerprint density at radius 3 is 2.33 bits per heavy atom. The van der Waals surface area contributed by atoms with Crippen molar-refractivity contribution in [2.24, 2.45) is 5.10 Å². The molecule has 12 heteroatoms. The van der Waals surface area contributed by atoms with Gasteiger partial charge >= 0.3 is 15.8 Å². The van der Waals surface area contributed by atoms with E-state index >= 15 is 0 Å². The molecule has 0 aliphatic rings. The van der Waals surface area contributed by atoms with Crippen LogP contribution in [-0.2, 0) is 10.1 Å². The molecule has 0 aromatic heterocycles. The number of rotatable bonds is 8. The van der Waals surface area contributed by atoms with Gasteiger partial charge in [0.25, 0.3) is 5.69 Å². The number of non-ortho nitro benzene ring substituents is 1. The van der Waals surface area contributed by atoms with E-state index in [2.05, 4.69) is 10.5 Å². The van der Waals surface area contributed by atoms with Crippen LogP contribution < -0.4 is 9.61 Å². The first-order chi connectivity index (χ1) is 17.2. The molecule has 0 saturated heterocycles. The Balaban J connectivity index is 1.72. The molecule has 0 heterocycles. The van der Waals surface area contributed by atoms with Crippen molar-refractivity contribution in [3.63, 3.8) is 0 Å². The molecule has 4 rings (SSSR count). The van der Waals surface area contributed by atoms with Gasteiger partial charge in [-0.3, -0.25) is 25.7 Å². The summed E-state index contributed by atoms with van der Waals surface area (Å²) in [4.78, 5) is 20.8. The second-order valence-corrected chi connectivity index (χ2v) is 9.18. The van der Waals surface area contributed by atoms with Crippen LogP contribution in [0.3, 0.4) is 0 Å². The van der Waals surface area contributed by atoms with E-state index in [0.29, 0.717) is 10.9 Å². The van der Waals surface area contributed by atoms with Crippen LogP contribution in [0.4, 0.5) is 17.1 Å². The smallest absolute Gasteiger partial charge is 0.339 e. The molecule has 0 amide bonds. The van der Waals surface area contributed by atoms with Crippen molar-refractivity contribution in [2.45, 2.75) is 11.8 Å². The molecule has 0 spiro atoms. The molecule has 182 valence electrons. The minimum atomic E-state index is -4.16. The Bertz CT molecular complexity index is 1620. The number of anilines is 1. The van der Waals surface area contributed by atoms with E-state index in [4.69, 9.17) is 4.18 Å². The first-order valence-electron chi connectivity index (χ1n) is 10.4. The highest BCUT2D eigenvalue weighted by Gasteiger charge is 2.21. The van der Waals surface area contributed by atoms with Crippen LogP contribution >= 0.6 is 0 Å². The van der Waals surface area contributed by atoms with Crippen molar-refractivity contribution in [1.29, 1.82) is 0 Å². The van der Waals surface area contributed by atoms with Crippen LogP contribution in [0.1, 0.15) is 11.1 Å². The summed E-state index contributed by atoms with van der Waals surface area (Å²) < 4.78 is 31.2. The summed E-state index contributed by atoms with van der Waals surface area (Å²) in [5, 5.41) is 27.8. The third-order valence-corrected chi connectivity index (χ3v) is 6.46. The zero-order chi connectivity index (χ0) is 25.9. The van der Waals surface area contributed by atoms with Crippen LogP contribution in [-0.4, -0.2) is 24.5 Å². The van der Waals surface area contributed by atoms with Crippen molar-refractivity contribution in [2.75, 3.05) is 5.43 Å². The quantitative estimate of drug-likeness (QED) is 0.148. The second-order valence-electron chi connectivity index (χ2n) is 7.63. The molecule has 0 aliphatic heterocycles. The number of nitro benzene ring substituents is 2. The maximum atomic E-state index is 12.9. The van der Waals surface area contributed by atoms with Gasteiger partial charge in [0.05, 0.1) is 22.1 Å². The van der Waals surface area contributed by atoms with Gasteiger partial charge in [0.1, 0.15) is 10.6 Å². The number of aryl methyl sites for hydroxylation is 1. The average molecular weight is 506 g/mol. The fourth-order valence-corrected chi connectivity index (χ4v) is 4.35. The van der Waals surface area contributed by atoms with E-state index in [9.17, 15) is 28.6 Å². The predicted octanol–water partition coefficient (Wildman–Crippen LogP) is 5.18. The maximum Gasteiger partial charge on any atom is 0.339 e. The second kappa shape index (κ2) is 9.80. The first kappa shape index (κ1) is 24.3.